The maximum absolute atomic E-state index is 5.90. The second-order valence-electron chi connectivity index (χ2n) is 8.91. The number of nitrogens with zero attached hydrogens (tertiary/aromatic N) is 1. The van der Waals surface area contributed by atoms with Crippen LogP contribution in [0.1, 0.15) is 58.1 Å². The zero-order valence-corrected chi connectivity index (χ0v) is 13.5. The number of nitrogen functional groups attached to an aromatic ring is 1. The lowest BCUT2D eigenvalue weighted by atomic mass is 9.43. The molecule has 21 heavy (non-hydrogen) atoms. The van der Waals surface area contributed by atoms with Crippen LogP contribution in [0.5, 0.6) is 0 Å². The molecule has 1 heterocycles. The van der Waals surface area contributed by atoms with Gasteiger partial charge in [0.05, 0.1) is 11.4 Å². The van der Waals surface area contributed by atoms with Crippen LogP contribution in [-0.2, 0) is 0 Å². The van der Waals surface area contributed by atoms with E-state index in [-0.39, 0.29) is 5.54 Å². The van der Waals surface area contributed by atoms with E-state index in [1.54, 1.807) is 0 Å². The maximum atomic E-state index is 5.90. The Labute approximate surface area is 127 Å². The fraction of sp³-hybridized carbons (Fsp3) is 0.722. The summed E-state index contributed by atoms with van der Waals surface area (Å²) in [5.74, 6) is 1.91. The largest absolute Gasteiger partial charge is 0.397 e. The Morgan fingerprint density at radius 1 is 1.10 bits per heavy atom. The fourth-order valence-corrected chi connectivity index (χ4v) is 6.50. The number of rotatable bonds is 2. The molecular formula is C18H27N3. The van der Waals surface area contributed by atoms with Crippen molar-refractivity contribution in [2.45, 2.75) is 64.8 Å². The minimum atomic E-state index is 0.262. The van der Waals surface area contributed by atoms with Crippen molar-refractivity contribution < 1.29 is 0 Å². The van der Waals surface area contributed by atoms with Crippen molar-refractivity contribution >= 4 is 11.5 Å². The molecule has 0 aliphatic heterocycles. The summed E-state index contributed by atoms with van der Waals surface area (Å²) in [4.78, 5) is 4.66. The first-order valence-corrected chi connectivity index (χ1v) is 8.30. The third-order valence-corrected chi connectivity index (χ3v) is 6.15. The molecular weight excluding hydrogens is 258 g/mol. The summed E-state index contributed by atoms with van der Waals surface area (Å²) < 4.78 is 0. The number of hydrogen-bond acceptors (Lipinski definition) is 3. The number of hydrogen-bond donors (Lipinski definition) is 2. The van der Waals surface area contributed by atoms with Gasteiger partial charge in [-0.15, -0.1) is 0 Å². The first-order chi connectivity index (χ1) is 9.79. The summed E-state index contributed by atoms with van der Waals surface area (Å²) in [6, 6.07) is 4.03. The van der Waals surface area contributed by atoms with Crippen molar-refractivity contribution in [2.75, 3.05) is 11.1 Å². The van der Waals surface area contributed by atoms with E-state index >= 15 is 0 Å². The zero-order valence-electron chi connectivity index (χ0n) is 13.5. The van der Waals surface area contributed by atoms with Gasteiger partial charge in [0, 0.05) is 5.54 Å². The van der Waals surface area contributed by atoms with Gasteiger partial charge in [-0.2, -0.15) is 0 Å². The highest BCUT2D eigenvalue weighted by Gasteiger charge is 2.60. The molecule has 1 aromatic heterocycles. The van der Waals surface area contributed by atoms with E-state index in [1.165, 1.54) is 38.5 Å². The van der Waals surface area contributed by atoms with Crippen LogP contribution in [0.4, 0.5) is 11.5 Å². The van der Waals surface area contributed by atoms with Crippen LogP contribution in [-0.4, -0.2) is 10.5 Å². The van der Waals surface area contributed by atoms with Crippen LogP contribution in [0.15, 0.2) is 12.1 Å². The molecule has 5 rings (SSSR count). The van der Waals surface area contributed by atoms with Crippen molar-refractivity contribution in [1.82, 2.24) is 4.98 Å². The van der Waals surface area contributed by atoms with Crippen LogP contribution in [0.2, 0.25) is 0 Å². The van der Waals surface area contributed by atoms with Gasteiger partial charge in [-0.1, -0.05) is 13.8 Å². The fourth-order valence-electron chi connectivity index (χ4n) is 6.50. The van der Waals surface area contributed by atoms with Crippen molar-refractivity contribution in [3.05, 3.63) is 17.8 Å². The topological polar surface area (TPSA) is 50.9 Å². The molecule has 4 aliphatic rings. The molecule has 0 radical (unpaired) electrons. The Hall–Kier alpha value is -1.25. The Bertz CT molecular complexity index is 576. The van der Waals surface area contributed by atoms with Gasteiger partial charge < -0.3 is 11.1 Å². The number of nitrogens with one attached hydrogen (secondary N) is 1. The molecule has 2 atom stereocenters. The van der Waals surface area contributed by atoms with Crippen LogP contribution < -0.4 is 11.1 Å². The monoisotopic (exact) mass is 285 g/mol. The summed E-state index contributed by atoms with van der Waals surface area (Å²) in [7, 11) is 0. The molecule has 3 nitrogen and oxygen atoms in total. The van der Waals surface area contributed by atoms with Crippen LogP contribution in [0, 0.1) is 23.7 Å². The first kappa shape index (κ1) is 13.4. The number of anilines is 2. The average Bonchev–Trinajstić information content (AvgIpc) is 2.28. The van der Waals surface area contributed by atoms with E-state index in [0.29, 0.717) is 10.8 Å². The molecule has 4 bridgehead atoms. The van der Waals surface area contributed by atoms with Gasteiger partial charge in [0.15, 0.2) is 0 Å². The summed E-state index contributed by atoms with van der Waals surface area (Å²) in [6.07, 6.45) is 8.20. The normalized spacial score (nSPS) is 44.0. The molecule has 0 amide bonds. The molecule has 3 N–H and O–H groups in total. The lowest BCUT2D eigenvalue weighted by Crippen LogP contribution is -2.61. The average molecular weight is 285 g/mol. The van der Waals surface area contributed by atoms with Crippen molar-refractivity contribution in [2.24, 2.45) is 16.7 Å². The third kappa shape index (κ3) is 2.13. The van der Waals surface area contributed by atoms with E-state index < -0.39 is 0 Å². The predicted molar refractivity (Wildman–Crippen MR) is 87.1 cm³/mol. The quantitative estimate of drug-likeness (QED) is 0.859. The second kappa shape index (κ2) is 3.93. The summed E-state index contributed by atoms with van der Waals surface area (Å²) in [5, 5.41) is 3.84. The molecule has 2 unspecified atom stereocenters. The third-order valence-electron chi connectivity index (χ3n) is 6.15. The molecule has 3 heteroatoms. The lowest BCUT2D eigenvalue weighted by Gasteiger charge is -2.65. The van der Waals surface area contributed by atoms with Crippen LogP contribution >= 0.6 is 0 Å². The predicted octanol–water partition coefficient (Wildman–Crippen LogP) is 4.13. The van der Waals surface area contributed by atoms with Gasteiger partial charge in [0.1, 0.15) is 5.82 Å². The van der Waals surface area contributed by atoms with Gasteiger partial charge in [0.2, 0.25) is 0 Å². The minimum absolute atomic E-state index is 0.262. The number of nitrogens with two attached hydrogens (primary N) is 1. The lowest BCUT2D eigenvalue weighted by molar-refractivity contribution is -0.0973. The van der Waals surface area contributed by atoms with E-state index in [2.05, 4.69) is 24.1 Å². The van der Waals surface area contributed by atoms with Gasteiger partial charge in [0.25, 0.3) is 0 Å². The first-order valence-electron chi connectivity index (χ1n) is 8.30. The summed E-state index contributed by atoms with van der Waals surface area (Å²) >= 11 is 0. The van der Waals surface area contributed by atoms with Gasteiger partial charge in [-0.25, -0.2) is 4.98 Å². The molecule has 1 aromatic rings. The highest BCUT2D eigenvalue weighted by molar-refractivity contribution is 5.50. The van der Waals surface area contributed by atoms with Crippen LogP contribution in [0.25, 0.3) is 0 Å². The zero-order chi connectivity index (χ0) is 14.9. The number of aromatic nitrogens is 1. The summed E-state index contributed by atoms with van der Waals surface area (Å²) in [6.45, 7) is 7.00. The van der Waals surface area contributed by atoms with Crippen LogP contribution in [0.3, 0.4) is 0 Å². The van der Waals surface area contributed by atoms with Gasteiger partial charge in [-0.05, 0) is 74.3 Å². The van der Waals surface area contributed by atoms with Crippen molar-refractivity contribution in [3.63, 3.8) is 0 Å². The van der Waals surface area contributed by atoms with E-state index in [4.69, 9.17) is 5.73 Å². The van der Waals surface area contributed by atoms with Gasteiger partial charge >= 0.3 is 0 Å². The molecule has 4 aliphatic carbocycles. The highest BCUT2D eigenvalue weighted by atomic mass is 15.1. The van der Waals surface area contributed by atoms with Gasteiger partial charge in [-0.3, -0.25) is 0 Å². The Balaban J connectivity index is 1.66. The molecule has 4 saturated carbocycles. The molecule has 0 saturated heterocycles. The molecule has 4 fully saturated rings. The highest BCUT2D eigenvalue weighted by Crippen LogP contribution is 2.66. The Kier molecular flexibility index (Phi) is 2.51. The number of pyridine rings is 1. The van der Waals surface area contributed by atoms with E-state index in [0.717, 1.165) is 23.1 Å². The molecule has 0 aromatic carbocycles. The van der Waals surface area contributed by atoms with Crippen molar-refractivity contribution in [1.29, 1.82) is 0 Å². The van der Waals surface area contributed by atoms with E-state index in [1.807, 2.05) is 19.1 Å². The Morgan fingerprint density at radius 2 is 1.76 bits per heavy atom. The Morgan fingerprint density at radius 3 is 2.33 bits per heavy atom. The molecule has 114 valence electrons. The molecule has 0 spiro atoms. The maximum Gasteiger partial charge on any atom is 0.126 e. The van der Waals surface area contributed by atoms with Crippen molar-refractivity contribution in [3.8, 4) is 0 Å². The summed E-state index contributed by atoms with van der Waals surface area (Å²) in [5.41, 5.74) is 8.94. The minimum Gasteiger partial charge on any atom is -0.397 e. The van der Waals surface area contributed by atoms with E-state index in [9.17, 15) is 0 Å². The SMILES string of the molecule is Cc1nc(NC23CC4CC(C)(CC(C)(C4)C2)C3)ccc1N. The number of aryl methyl sites for hydroxylation is 1. The smallest absolute Gasteiger partial charge is 0.126 e. The standard InChI is InChI=1S/C18H27N3/c1-12-14(19)4-5-15(20-12)21-18-8-13-6-16(2,10-18)9-17(3,7-13)11-18/h4-5,13H,6-11,19H2,1-3H3,(H,20,21). The second-order valence-corrected chi connectivity index (χ2v) is 8.91.